The lowest BCUT2D eigenvalue weighted by atomic mass is 10.2. The summed E-state index contributed by atoms with van der Waals surface area (Å²) in [5.41, 5.74) is 1.66. The van der Waals surface area contributed by atoms with E-state index in [1.807, 2.05) is 30.3 Å². The number of hydrogen-bond donors (Lipinski definition) is 0. The number of carbonyl (C=O) groups excluding carboxylic acids is 1. The average molecular weight is 339 g/mol. The predicted molar refractivity (Wildman–Crippen MR) is 79.1 cm³/mol. The van der Waals surface area contributed by atoms with E-state index in [1.165, 1.54) is 4.90 Å². The van der Waals surface area contributed by atoms with E-state index in [2.05, 4.69) is 5.10 Å². The van der Waals surface area contributed by atoms with E-state index in [0.717, 1.165) is 5.56 Å². The van der Waals surface area contributed by atoms with Crippen molar-refractivity contribution in [1.82, 2.24) is 14.7 Å². The summed E-state index contributed by atoms with van der Waals surface area (Å²) >= 11 is 0. The Morgan fingerprint density at radius 3 is 2.67 bits per heavy atom. The van der Waals surface area contributed by atoms with Gasteiger partial charge in [-0.15, -0.1) is 5.10 Å². The zero-order valence-electron chi connectivity index (χ0n) is 12.8. The van der Waals surface area contributed by atoms with Crippen molar-refractivity contribution in [2.75, 3.05) is 6.54 Å². The molecular weight excluding hydrogens is 323 g/mol. The van der Waals surface area contributed by atoms with E-state index in [4.69, 9.17) is 4.74 Å². The fourth-order valence-corrected chi connectivity index (χ4v) is 2.54. The molecule has 0 N–H and O–H groups in total. The van der Waals surface area contributed by atoms with Gasteiger partial charge in [-0.25, -0.2) is 0 Å². The number of carbonyl (C=O) groups is 1. The van der Waals surface area contributed by atoms with Crippen LogP contribution < -0.4 is 4.74 Å². The first kappa shape index (κ1) is 16.4. The number of amides is 1. The first-order valence-corrected chi connectivity index (χ1v) is 7.49. The minimum atomic E-state index is -4.49. The van der Waals surface area contributed by atoms with Crippen LogP contribution in [0.4, 0.5) is 13.2 Å². The highest BCUT2D eigenvalue weighted by Crippen LogP contribution is 2.24. The molecule has 8 heteroatoms. The van der Waals surface area contributed by atoms with Crippen molar-refractivity contribution in [3.05, 3.63) is 47.7 Å². The lowest BCUT2D eigenvalue weighted by Gasteiger charge is -2.27. The molecule has 1 aliphatic heterocycles. The van der Waals surface area contributed by atoms with Crippen molar-refractivity contribution < 1.29 is 22.7 Å². The molecule has 1 aromatic carbocycles. The smallest absolute Gasteiger partial charge is 0.397 e. The number of aromatic nitrogens is 2. The minimum absolute atomic E-state index is 0.108. The maximum atomic E-state index is 12.3. The van der Waals surface area contributed by atoms with Gasteiger partial charge in [0.1, 0.15) is 13.0 Å². The van der Waals surface area contributed by atoms with E-state index in [-0.39, 0.29) is 13.1 Å². The number of hydrogen-bond acceptors (Lipinski definition) is 3. The van der Waals surface area contributed by atoms with Crippen molar-refractivity contribution in [3.8, 4) is 5.88 Å². The van der Waals surface area contributed by atoms with E-state index in [9.17, 15) is 18.0 Å². The monoisotopic (exact) mass is 339 g/mol. The molecule has 1 aromatic heterocycles. The highest BCUT2D eigenvalue weighted by atomic mass is 19.4. The third kappa shape index (κ3) is 4.06. The Kier molecular flexibility index (Phi) is 4.46. The Morgan fingerprint density at radius 2 is 1.96 bits per heavy atom. The van der Waals surface area contributed by atoms with Crippen LogP contribution in [0.15, 0.2) is 36.4 Å². The fourth-order valence-electron chi connectivity index (χ4n) is 2.54. The summed E-state index contributed by atoms with van der Waals surface area (Å²) in [6.07, 6.45) is -5.92. The molecule has 3 rings (SSSR count). The van der Waals surface area contributed by atoms with Crippen LogP contribution in [-0.4, -0.2) is 33.3 Å². The van der Waals surface area contributed by atoms with E-state index < -0.39 is 18.5 Å². The van der Waals surface area contributed by atoms with Crippen molar-refractivity contribution in [3.63, 3.8) is 0 Å². The summed E-state index contributed by atoms with van der Waals surface area (Å²) in [5, 5.41) is 4.27. The van der Waals surface area contributed by atoms with Crippen LogP contribution in [0.5, 0.6) is 5.88 Å². The van der Waals surface area contributed by atoms with Gasteiger partial charge in [-0.2, -0.15) is 13.2 Å². The van der Waals surface area contributed by atoms with E-state index in [0.29, 0.717) is 24.7 Å². The van der Waals surface area contributed by atoms with Gasteiger partial charge in [0.2, 0.25) is 11.8 Å². The quantitative estimate of drug-likeness (QED) is 0.861. The second-order valence-electron chi connectivity index (χ2n) is 5.58. The Bertz CT molecular complexity index is 713. The second kappa shape index (κ2) is 6.54. The number of alkyl halides is 3. The molecule has 2 heterocycles. The number of benzene rings is 1. The van der Waals surface area contributed by atoms with E-state index >= 15 is 0 Å². The van der Waals surface area contributed by atoms with Crippen LogP contribution in [-0.2, 0) is 24.5 Å². The average Bonchev–Trinajstić information content (AvgIpc) is 2.94. The molecule has 0 unspecified atom stereocenters. The first-order chi connectivity index (χ1) is 11.4. The normalized spacial score (nSPS) is 14.4. The lowest BCUT2D eigenvalue weighted by Crippen LogP contribution is -2.40. The van der Waals surface area contributed by atoms with Gasteiger partial charge >= 0.3 is 6.18 Å². The third-order valence-electron chi connectivity index (χ3n) is 3.71. The Hall–Kier alpha value is -2.51. The largest absolute Gasteiger partial charge is 0.472 e. The van der Waals surface area contributed by atoms with Crippen molar-refractivity contribution in [1.29, 1.82) is 0 Å². The van der Waals surface area contributed by atoms with Crippen LogP contribution in [0, 0.1) is 0 Å². The molecule has 0 fully saturated rings. The van der Waals surface area contributed by atoms with Gasteiger partial charge in [0.05, 0.1) is 18.8 Å². The van der Waals surface area contributed by atoms with Gasteiger partial charge in [-0.05, 0) is 5.56 Å². The summed E-state index contributed by atoms with van der Waals surface area (Å²) in [7, 11) is 0. The summed E-state index contributed by atoms with van der Waals surface area (Å²) in [5.74, 6) is -0.513. The topological polar surface area (TPSA) is 47.4 Å². The Labute approximate surface area is 136 Å². The summed E-state index contributed by atoms with van der Waals surface area (Å²) in [4.78, 5) is 12.9. The molecule has 24 heavy (non-hydrogen) atoms. The standard InChI is InChI=1S/C16H16F3N3O2/c17-16(18,19)9-15(23)21-6-7-22-13(10-21)8-14(20-22)24-11-12-4-2-1-3-5-12/h1-5,8H,6-7,9-11H2. The molecule has 1 amide bonds. The molecule has 0 atom stereocenters. The number of halogens is 3. The molecule has 0 aliphatic carbocycles. The predicted octanol–water partition coefficient (Wildman–Crippen LogP) is 2.76. The number of fused-ring (bicyclic) bond motifs is 1. The molecular formula is C16H16F3N3O2. The van der Waals surface area contributed by atoms with Crippen LogP contribution in [0.3, 0.4) is 0 Å². The van der Waals surface area contributed by atoms with Crippen LogP contribution in [0.2, 0.25) is 0 Å². The fraction of sp³-hybridized carbons (Fsp3) is 0.375. The van der Waals surface area contributed by atoms with Gasteiger partial charge in [0.25, 0.3) is 0 Å². The number of ether oxygens (including phenoxy) is 1. The van der Waals surface area contributed by atoms with Gasteiger partial charge < -0.3 is 9.64 Å². The van der Waals surface area contributed by atoms with Gasteiger partial charge in [0, 0.05) is 12.6 Å². The molecule has 2 aromatic rings. The summed E-state index contributed by atoms with van der Waals surface area (Å²) in [6, 6.07) is 11.2. The molecule has 0 spiro atoms. The summed E-state index contributed by atoms with van der Waals surface area (Å²) < 4.78 is 44.3. The van der Waals surface area contributed by atoms with Crippen molar-refractivity contribution in [2.45, 2.75) is 32.3 Å². The van der Waals surface area contributed by atoms with Crippen LogP contribution in [0.1, 0.15) is 17.7 Å². The SMILES string of the molecule is O=C(CC(F)(F)F)N1CCn2nc(OCc3ccccc3)cc2C1. The lowest BCUT2D eigenvalue weighted by molar-refractivity contribution is -0.162. The minimum Gasteiger partial charge on any atom is -0.472 e. The molecule has 1 aliphatic rings. The Morgan fingerprint density at radius 1 is 1.21 bits per heavy atom. The highest BCUT2D eigenvalue weighted by molar-refractivity contribution is 5.76. The molecule has 0 radical (unpaired) electrons. The number of rotatable bonds is 4. The molecule has 0 saturated carbocycles. The second-order valence-corrected chi connectivity index (χ2v) is 5.58. The zero-order valence-corrected chi connectivity index (χ0v) is 12.8. The van der Waals surface area contributed by atoms with Crippen molar-refractivity contribution in [2.24, 2.45) is 0 Å². The third-order valence-corrected chi connectivity index (χ3v) is 3.71. The Balaban J connectivity index is 1.61. The van der Waals surface area contributed by atoms with Crippen LogP contribution in [0.25, 0.3) is 0 Å². The molecule has 128 valence electrons. The van der Waals surface area contributed by atoms with Gasteiger partial charge in [0.15, 0.2) is 0 Å². The number of nitrogens with zero attached hydrogens (tertiary/aromatic N) is 3. The first-order valence-electron chi connectivity index (χ1n) is 7.49. The maximum absolute atomic E-state index is 12.3. The van der Waals surface area contributed by atoms with Gasteiger partial charge in [-0.1, -0.05) is 30.3 Å². The van der Waals surface area contributed by atoms with Gasteiger partial charge in [-0.3, -0.25) is 9.48 Å². The summed E-state index contributed by atoms with van der Waals surface area (Å²) in [6.45, 7) is 1.03. The highest BCUT2D eigenvalue weighted by Gasteiger charge is 2.34. The molecule has 5 nitrogen and oxygen atoms in total. The zero-order chi connectivity index (χ0) is 17.2. The molecule has 0 saturated heterocycles. The maximum Gasteiger partial charge on any atom is 0.397 e. The van der Waals surface area contributed by atoms with E-state index in [1.54, 1.807) is 10.7 Å². The van der Waals surface area contributed by atoms with Crippen molar-refractivity contribution >= 4 is 5.91 Å². The van der Waals surface area contributed by atoms with Crippen LogP contribution >= 0.6 is 0 Å². The molecule has 0 bridgehead atoms.